The SMILES string of the molecule is Cc1ccccc1OP(=O)(O)OP(=O)(O)O. The summed E-state index contributed by atoms with van der Waals surface area (Å²) in [6, 6.07) is 6.20. The third-order valence-corrected chi connectivity index (χ3v) is 3.62. The second kappa shape index (κ2) is 4.67. The molecule has 0 saturated carbocycles. The van der Waals surface area contributed by atoms with Gasteiger partial charge in [-0.05, 0) is 18.6 Å². The zero-order valence-corrected chi connectivity index (χ0v) is 9.97. The van der Waals surface area contributed by atoms with Crippen LogP contribution >= 0.6 is 15.6 Å². The molecule has 9 heteroatoms. The van der Waals surface area contributed by atoms with Gasteiger partial charge in [0.05, 0.1) is 0 Å². The third-order valence-electron chi connectivity index (χ3n) is 1.52. The van der Waals surface area contributed by atoms with E-state index in [-0.39, 0.29) is 5.75 Å². The molecule has 0 radical (unpaired) electrons. The lowest BCUT2D eigenvalue weighted by Crippen LogP contribution is -1.97. The molecule has 0 aliphatic carbocycles. The van der Waals surface area contributed by atoms with E-state index >= 15 is 0 Å². The van der Waals surface area contributed by atoms with Crippen molar-refractivity contribution < 1.29 is 32.6 Å². The molecule has 0 fully saturated rings. The van der Waals surface area contributed by atoms with Crippen LogP contribution in [0, 0.1) is 6.92 Å². The number of hydrogen-bond acceptors (Lipinski definition) is 4. The molecule has 1 aromatic carbocycles. The predicted octanol–water partition coefficient (Wildman–Crippen LogP) is 1.58. The molecule has 16 heavy (non-hydrogen) atoms. The van der Waals surface area contributed by atoms with Gasteiger partial charge in [0.2, 0.25) is 0 Å². The number of para-hydroxylation sites is 1. The minimum atomic E-state index is -5.08. The van der Waals surface area contributed by atoms with E-state index in [1.54, 1.807) is 25.1 Å². The molecule has 0 aliphatic heterocycles. The maximum atomic E-state index is 11.2. The van der Waals surface area contributed by atoms with Gasteiger partial charge in [-0.15, -0.1) is 0 Å². The molecule has 0 aliphatic rings. The molecule has 1 unspecified atom stereocenters. The van der Waals surface area contributed by atoms with E-state index in [4.69, 9.17) is 14.7 Å². The molecule has 0 aromatic heterocycles. The van der Waals surface area contributed by atoms with E-state index in [1.807, 2.05) is 0 Å². The lowest BCUT2D eigenvalue weighted by Gasteiger charge is -2.14. The van der Waals surface area contributed by atoms with Crippen molar-refractivity contribution in [1.82, 2.24) is 0 Å². The second-order valence-corrected chi connectivity index (χ2v) is 5.65. The van der Waals surface area contributed by atoms with Crippen LogP contribution in [0.15, 0.2) is 24.3 Å². The summed E-state index contributed by atoms with van der Waals surface area (Å²) in [7, 11) is -9.90. The first-order valence-electron chi connectivity index (χ1n) is 4.04. The van der Waals surface area contributed by atoms with Crippen molar-refractivity contribution in [2.75, 3.05) is 0 Å². The van der Waals surface area contributed by atoms with Gasteiger partial charge in [0.1, 0.15) is 5.75 Å². The van der Waals surface area contributed by atoms with E-state index in [1.165, 1.54) is 6.07 Å². The Kier molecular flexibility index (Phi) is 3.91. The number of benzene rings is 1. The zero-order valence-electron chi connectivity index (χ0n) is 8.18. The minimum Gasteiger partial charge on any atom is -0.404 e. The normalized spacial score (nSPS) is 15.5. The largest absolute Gasteiger partial charge is 0.536 e. The van der Waals surface area contributed by atoms with E-state index in [0.29, 0.717) is 5.56 Å². The molecule has 0 heterocycles. The predicted molar refractivity (Wildman–Crippen MR) is 54.8 cm³/mol. The van der Waals surface area contributed by atoms with Gasteiger partial charge in [-0.1, -0.05) is 18.2 Å². The highest BCUT2D eigenvalue weighted by atomic mass is 31.3. The Labute approximate surface area is 91.5 Å². The van der Waals surface area contributed by atoms with Crippen LogP contribution in [0.5, 0.6) is 5.75 Å². The van der Waals surface area contributed by atoms with Crippen LogP contribution in [0.1, 0.15) is 5.56 Å². The number of aryl methyl sites for hydroxylation is 1. The summed E-state index contributed by atoms with van der Waals surface area (Å²) < 4.78 is 29.7. The highest BCUT2D eigenvalue weighted by Crippen LogP contribution is 2.57. The van der Waals surface area contributed by atoms with Crippen LogP contribution in [0.25, 0.3) is 0 Å². The number of hydrogen-bond donors (Lipinski definition) is 3. The summed E-state index contributed by atoms with van der Waals surface area (Å²) in [5, 5.41) is 0. The lowest BCUT2D eigenvalue weighted by atomic mass is 10.2. The van der Waals surface area contributed by atoms with Crippen molar-refractivity contribution in [3.05, 3.63) is 29.8 Å². The van der Waals surface area contributed by atoms with Crippen LogP contribution in [0.3, 0.4) is 0 Å². The summed E-state index contributed by atoms with van der Waals surface area (Å²) in [4.78, 5) is 25.8. The van der Waals surface area contributed by atoms with E-state index in [2.05, 4.69) is 8.83 Å². The summed E-state index contributed by atoms with van der Waals surface area (Å²) in [5.74, 6) is 0.0155. The fraction of sp³-hybridized carbons (Fsp3) is 0.143. The summed E-state index contributed by atoms with van der Waals surface area (Å²) in [5.41, 5.74) is 0.533. The first kappa shape index (κ1) is 13.4. The van der Waals surface area contributed by atoms with E-state index in [9.17, 15) is 9.13 Å². The van der Waals surface area contributed by atoms with E-state index in [0.717, 1.165) is 0 Å². The fourth-order valence-corrected chi connectivity index (χ4v) is 2.60. The van der Waals surface area contributed by atoms with Crippen LogP contribution in [0.2, 0.25) is 0 Å². The number of phosphoric acid groups is 2. The Hall–Kier alpha value is -0.680. The number of rotatable bonds is 4. The Morgan fingerprint density at radius 3 is 2.19 bits per heavy atom. The maximum Gasteiger partial charge on any atom is 0.536 e. The summed E-state index contributed by atoms with van der Waals surface area (Å²) in [6.07, 6.45) is 0. The molecule has 1 atom stereocenters. The van der Waals surface area contributed by atoms with Gasteiger partial charge < -0.3 is 14.3 Å². The molecule has 0 amide bonds. The topological polar surface area (TPSA) is 113 Å². The van der Waals surface area contributed by atoms with Crippen LogP contribution < -0.4 is 4.52 Å². The van der Waals surface area contributed by atoms with Crippen LogP contribution in [0.4, 0.5) is 0 Å². The smallest absolute Gasteiger partial charge is 0.404 e. The average molecular weight is 268 g/mol. The van der Waals surface area contributed by atoms with Crippen LogP contribution in [-0.4, -0.2) is 14.7 Å². The maximum absolute atomic E-state index is 11.2. The molecule has 7 nitrogen and oxygen atoms in total. The Morgan fingerprint density at radius 1 is 1.12 bits per heavy atom. The van der Waals surface area contributed by atoms with Crippen molar-refractivity contribution in [2.45, 2.75) is 6.92 Å². The molecule has 90 valence electrons. The van der Waals surface area contributed by atoms with Crippen LogP contribution in [-0.2, 0) is 13.4 Å². The molecule has 3 N–H and O–H groups in total. The van der Waals surface area contributed by atoms with Gasteiger partial charge in [-0.25, -0.2) is 9.13 Å². The monoisotopic (exact) mass is 268 g/mol. The van der Waals surface area contributed by atoms with E-state index < -0.39 is 15.6 Å². The van der Waals surface area contributed by atoms with Gasteiger partial charge in [0.15, 0.2) is 0 Å². The highest BCUT2D eigenvalue weighted by molar-refractivity contribution is 7.60. The summed E-state index contributed by atoms with van der Waals surface area (Å²) >= 11 is 0. The van der Waals surface area contributed by atoms with Gasteiger partial charge in [0, 0.05) is 0 Å². The second-order valence-electron chi connectivity index (χ2n) is 2.90. The van der Waals surface area contributed by atoms with Gasteiger partial charge in [-0.2, -0.15) is 4.31 Å². The van der Waals surface area contributed by atoms with Crippen molar-refractivity contribution in [2.24, 2.45) is 0 Å². The Balaban J connectivity index is 2.85. The fourth-order valence-electron chi connectivity index (χ4n) is 0.934. The number of phosphoric ester groups is 1. The van der Waals surface area contributed by atoms with Gasteiger partial charge in [0.25, 0.3) is 0 Å². The summed E-state index contributed by atoms with van der Waals surface area (Å²) in [6.45, 7) is 1.60. The van der Waals surface area contributed by atoms with Crippen molar-refractivity contribution in [3.63, 3.8) is 0 Å². The highest BCUT2D eigenvalue weighted by Gasteiger charge is 2.33. The van der Waals surface area contributed by atoms with Gasteiger partial charge >= 0.3 is 15.6 Å². The minimum absolute atomic E-state index is 0.0155. The standard InChI is InChI=1S/C7H10O7P2/c1-6-4-2-3-5-7(6)13-16(11,12)14-15(8,9)10/h2-5H,1H3,(H,11,12)(H2,8,9,10). The first-order chi connectivity index (χ1) is 7.20. The van der Waals surface area contributed by atoms with Gasteiger partial charge in [-0.3, -0.25) is 4.89 Å². The van der Waals surface area contributed by atoms with Crippen molar-refractivity contribution in [1.29, 1.82) is 0 Å². The molecule has 1 aromatic rings. The Morgan fingerprint density at radius 2 is 1.69 bits per heavy atom. The van der Waals surface area contributed by atoms with Crippen molar-refractivity contribution in [3.8, 4) is 5.75 Å². The molecular formula is C7H10O7P2. The first-order valence-corrected chi connectivity index (χ1v) is 7.07. The lowest BCUT2D eigenvalue weighted by molar-refractivity contribution is 0.229. The average Bonchev–Trinajstić information content (AvgIpc) is 2.04. The molecule has 0 saturated heterocycles. The zero-order chi connectivity index (χ0) is 12.4. The third kappa shape index (κ3) is 4.45. The molecular weight excluding hydrogens is 258 g/mol. The molecule has 0 bridgehead atoms. The quantitative estimate of drug-likeness (QED) is 0.710. The molecule has 0 spiro atoms. The van der Waals surface area contributed by atoms with Crippen molar-refractivity contribution >= 4 is 15.6 Å². The molecule has 1 rings (SSSR count). The Bertz CT molecular complexity index is 466.